The smallest absolute Gasteiger partial charge is 0.319 e. The topological polar surface area (TPSA) is 9.23 Å². The molecule has 0 atom stereocenters. The van der Waals surface area contributed by atoms with Gasteiger partial charge in [-0.15, -0.1) is 0 Å². The van der Waals surface area contributed by atoms with E-state index in [1.807, 2.05) is 0 Å². The highest BCUT2D eigenvalue weighted by Crippen LogP contribution is 2.38. The van der Waals surface area contributed by atoms with Crippen molar-refractivity contribution in [1.82, 2.24) is 0 Å². The molecule has 0 aromatic heterocycles. The fraction of sp³-hybridized carbons (Fsp3) is 0.417. The summed E-state index contributed by atoms with van der Waals surface area (Å²) in [5.41, 5.74) is 0. The van der Waals surface area contributed by atoms with Gasteiger partial charge in [0.05, 0.1) is 5.76 Å². The lowest BCUT2D eigenvalue weighted by atomic mass is 10.2. The molecule has 2 aromatic carbocycles. The molecule has 0 heterocycles. The predicted octanol–water partition coefficient (Wildman–Crippen LogP) is 6.05. The Morgan fingerprint density at radius 2 is 1.35 bits per heavy atom. The quantitative estimate of drug-likeness (QED) is 0.408. The molecule has 0 aliphatic carbocycles. The van der Waals surface area contributed by atoms with E-state index in [1.165, 1.54) is 16.1 Å². The van der Waals surface area contributed by atoms with Gasteiger partial charge in [-0.1, -0.05) is 102 Å². The molecule has 0 saturated carbocycles. The van der Waals surface area contributed by atoms with Crippen LogP contribution in [0.5, 0.6) is 0 Å². The summed E-state index contributed by atoms with van der Waals surface area (Å²) >= 11 is 0. The summed E-state index contributed by atoms with van der Waals surface area (Å²) in [6, 6.07) is 21.8. The van der Waals surface area contributed by atoms with Crippen molar-refractivity contribution in [1.29, 1.82) is 0 Å². The van der Waals surface area contributed by atoms with Crippen LogP contribution in [-0.2, 0) is 4.43 Å². The van der Waals surface area contributed by atoms with E-state index in [4.69, 9.17) is 4.43 Å². The largest absolute Gasteiger partial charge is 0.537 e. The SMILES string of the molecule is CCC/C=C(\CCC)O[Si](c1ccccc1)(c1ccccc1)C(C)(C)C. The van der Waals surface area contributed by atoms with Gasteiger partial charge in [-0.3, -0.25) is 0 Å². The number of rotatable bonds is 8. The maximum atomic E-state index is 7.12. The Bertz CT molecular complexity index is 644. The zero-order chi connectivity index (χ0) is 19.0. The first-order valence-electron chi connectivity index (χ1n) is 9.94. The standard InChI is InChI=1S/C24H34OSi/c1-6-8-16-21(15-7-2)25-26(24(3,4)5,22-17-11-9-12-18-22)23-19-13-10-14-20-23/h9-14,16-20H,6-8,15H2,1-5H3/b21-16+. The van der Waals surface area contributed by atoms with Gasteiger partial charge in [-0.2, -0.15) is 0 Å². The highest BCUT2D eigenvalue weighted by molar-refractivity contribution is 6.99. The molecule has 2 rings (SSSR count). The lowest BCUT2D eigenvalue weighted by Gasteiger charge is -2.43. The van der Waals surface area contributed by atoms with Crippen LogP contribution in [0.15, 0.2) is 72.5 Å². The average Bonchev–Trinajstić information content (AvgIpc) is 2.64. The number of allylic oxidation sites excluding steroid dienone is 2. The number of hydrogen-bond acceptors (Lipinski definition) is 1. The van der Waals surface area contributed by atoms with Crippen molar-refractivity contribution in [2.45, 2.75) is 65.3 Å². The average molecular weight is 367 g/mol. The monoisotopic (exact) mass is 366 g/mol. The second-order valence-electron chi connectivity index (χ2n) is 7.97. The molecular formula is C24H34OSi. The first-order chi connectivity index (χ1) is 12.5. The number of benzene rings is 2. The summed E-state index contributed by atoms with van der Waals surface area (Å²) in [4.78, 5) is 0. The van der Waals surface area contributed by atoms with Gasteiger partial charge in [0.15, 0.2) is 0 Å². The molecule has 0 saturated heterocycles. The summed E-state index contributed by atoms with van der Waals surface area (Å²) in [7, 11) is -2.47. The van der Waals surface area contributed by atoms with Gasteiger partial charge in [-0.25, -0.2) is 0 Å². The van der Waals surface area contributed by atoms with Crippen LogP contribution in [0.3, 0.4) is 0 Å². The van der Waals surface area contributed by atoms with E-state index in [2.05, 4.69) is 101 Å². The maximum Gasteiger partial charge on any atom is 0.319 e. The van der Waals surface area contributed by atoms with Gasteiger partial charge in [0, 0.05) is 6.42 Å². The van der Waals surface area contributed by atoms with Gasteiger partial charge < -0.3 is 4.43 Å². The Kier molecular flexibility index (Phi) is 7.28. The summed E-state index contributed by atoms with van der Waals surface area (Å²) in [6.45, 7) is 11.5. The van der Waals surface area contributed by atoms with Crippen molar-refractivity contribution in [3.05, 3.63) is 72.5 Å². The van der Waals surface area contributed by atoms with Crippen LogP contribution in [0.2, 0.25) is 5.04 Å². The van der Waals surface area contributed by atoms with Crippen LogP contribution in [0.25, 0.3) is 0 Å². The molecule has 0 radical (unpaired) electrons. The van der Waals surface area contributed by atoms with Crippen molar-refractivity contribution in [3.8, 4) is 0 Å². The Morgan fingerprint density at radius 3 is 1.73 bits per heavy atom. The van der Waals surface area contributed by atoms with Crippen LogP contribution < -0.4 is 10.4 Å². The second-order valence-corrected chi connectivity index (χ2v) is 12.2. The number of unbranched alkanes of at least 4 members (excludes halogenated alkanes) is 1. The van der Waals surface area contributed by atoms with E-state index >= 15 is 0 Å². The summed E-state index contributed by atoms with van der Waals surface area (Å²) in [5.74, 6) is 1.17. The fourth-order valence-corrected chi connectivity index (χ4v) is 8.10. The molecule has 0 aliphatic rings. The molecular weight excluding hydrogens is 332 g/mol. The van der Waals surface area contributed by atoms with Gasteiger partial charge in [0.1, 0.15) is 0 Å². The highest BCUT2D eigenvalue weighted by atomic mass is 28.4. The third-order valence-electron chi connectivity index (χ3n) is 4.86. The van der Waals surface area contributed by atoms with Crippen LogP contribution in [0, 0.1) is 0 Å². The minimum atomic E-state index is -2.47. The van der Waals surface area contributed by atoms with Gasteiger partial charge >= 0.3 is 8.32 Å². The third-order valence-corrected chi connectivity index (χ3v) is 9.83. The summed E-state index contributed by atoms with van der Waals surface area (Å²) in [5, 5.41) is 2.71. The van der Waals surface area contributed by atoms with Crippen LogP contribution >= 0.6 is 0 Å². The lowest BCUT2D eigenvalue weighted by molar-refractivity contribution is 0.374. The molecule has 0 N–H and O–H groups in total. The summed E-state index contributed by atoms with van der Waals surface area (Å²) in [6.07, 6.45) is 6.66. The summed E-state index contributed by atoms with van der Waals surface area (Å²) < 4.78 is 7.12. The number of hydrogen-bond donors (Lipinski definition) is 0. The normalized spacial score (nSPS) is 12.9. The van der Waals surface area contributed by atoms with Crippen LogP contribution in [0.1, 0.15) is 60.3 Å². The van der Waals surface area contributed by atoms with E-state index in [9.17, 15) is 0 Å². The molecule has 0 amide bonds. The maximum absolute atomic E-state index is 7.12. The molecule has 0 fully saturated rings. The molecule has 2 aromatic rings. The lowest BCUT2D eigenvalue weighted by Crippen LogP contribution is -2.66. The van der Waals surface area contributed by atoms with Crippen molar-refractivity contribution in [3.63, 3.8) is 0 Å². The highest BCUT2D eigenvalue weighted by Gasteiger charge is 2.52. The van der Waals surface area contributed by atoms with Crippen molar-refractivity contribution in [2.75, 3.05) is 0 Å². The van der Waals surface area contributed by atoms with Crippen molar-refractivity contribution >= 4 is 18.7 Å². The third kappa shape index (κ3) is 4.48. The van der Waals surface area contributed by atoms with E-state index < -0.39 is 8.32 Å². The Hall–Kier alpha value is -1.80. The van der Waals surface area contributed by atoms with E-state index in [1.54, 1.807) is 0 Å². The zero-order valence-electron chi connectivity index (χ0n) is 17.1. The first kappa shape index (κ1) is 20.5. The Labute approximate surface area is 161 Å². The predicted molar refractivity (Wildman–Crippen MR) is 117 cm³/mol. The molecule has 0 bridgehead atoms. The molecule has 0 unspecified atom stereocenters. The van der Waals surface area contributed by atoms with Crippen molar-refractivity contribution in [2.24, 2.45) is 0 Å². The molecule has 140 valence electrons. The van der Waals surface area contributed by atoms with E-state index in [-0.39, 0.29) is 5.04 Å². The van der Waals surface area contributed by atoms with Crippen LogP contribution in [0.4, 0.5) is 0 Å². The second kappa shape index (κ2) is 9.23. The van der Waals surface area contributed by atoms with E-state index in [0.29, 0.717) is 0 Å². The molecule has 0 spiro atoms. The molecule has 0 aliphatic heterocycles. The molecule has 26 heavy (non-hydrogen) atoms. The first-order valence-corrected chi connectivity index (χ1v) is 11.9. The van der Waals surface area contributed by atoms with Crippen LogP contribution in [-0.4, -0.2) is 8.32 Å². The minimum Gasteiger partial charge on any atom is -0.537 e. The Balaban J connectivity index is 2.67. The molecule has 1 nitrogen and oxygen atoms in total. The Morgan fingerprint density at radius 1 is 0.846 bits per heavy atom. The molecule has 2 heteroatoms. The van der Waals surface area contributed by atoms with Gasteiger partial charge in [0.25, 0.3) is 0 Å². The van der Waals surface area contributed by atoms with Gasteiger partial charge in [-0.05, 0) is 34.3 Å². The fourth-order valence-electron chi connectivity index (χ4n) is 3.59. The van der Waals surface area contributed by atoms with Crippen molar-refractivity contribution < 1.29 is 4.43 Å². The zero-order valence-corrected chi connectivity index (χ0v) is 18.1. The van der Waals surface area contributed by atoms with E-state index in [0.717, 1.165) is 25.7 Å². The van der Waals surface area contributed by atoms with Gasteiger partial charge in [0.2, 0.25) is 0 Å². The minimum absolute atomic E-state index is 0.0226.